The first kappa shape index (κ1) is 15.3. The molecule has 0 radical (unpaired) electrons. The highest BCUT2D eigenvalue weighted by Gasteiger charge is 2.19. The molecule has 0 aliphatic carbocycles. The van der Waals surface area contributed by atoms with E-state index in [2.05, 4.69) is 40.5 Å². The van der Waals surface area contributed by atoms with Crippen molar-refractivity contribution in [3.8, 4) is 0 Å². The van der Waals surface area contributed by atoms with Crippen molar-refractivity contribution in [3.63, 3.8) is 0 Å². The van der Waals surface area contributed by atoms with Gasteiger partial charge in [-0.1, -0.05) is 30.3 Å². The zero-order valence-corrected chi connectivity index (χ0v) is 12.6. The molecule has 0 saturated carbocycles. The third-order valence-electron chi connectivity index (χ3n) is 3.86. The number of piperidine rings is 1. The third-order valence-corrected chi connectivity index (χ3v) is 4.10. The number of hydrogen-bond donors (Lipinski definition) is 1. The Bertz CT molecular complexity index is 402. The van der Waals surface area contributed by atoms with Gasteiger partial charge in [0.2, 0.25) is 5.91 Å². The number of likely N-dealkylation sites (tertiary alicyclic amines) is 1. The van der Waals surface area contributed by atoms with Gasteiger partial charge in [0.25, 0.3) is 0 Å². The van der Waals surface area contributed by atoms with Crippen LogP contribution in [0.5, 0.6) is 0 Å². The fraction of sp³-hybridized carbons (Fsp3) is 0.562. The van der Waals surface area contributed by atoms with Gasteiger partial charge < -0.3 is 10.2 Å². The van der Waals surface area contributed by atoms with E-state index in [1.165, 1.54) is 12.0 Å². The summed E-state index contributed by atoms with van der Waals surface area (Å²) in [6.45, 7) is 3.29. The molecule has 1 aliphatic rings. The Kier molecular flexibility index (Phi) is 6.34. The standard InChI is InChI=1S/C16H23ClN2O/c17-13-16(20)18-15-8-11-19(12-9-15)10-4-7-14-5-2-1-3-6-14/h1-3,5-6,15H,4,7-13H2,(H,18,20). The fourth-order valence-electron chi connectivity index (χ4n) is 2.72. The van der Waals surface area contributed by atoms with E-state index in [0.717, 1.165) is 38.9 Å². The lowest BCUT2D eigenvalue weighted by Gasteiger charge is -2.32. The van der Waals surface area contributed by atoms with Gasteiger partial charge in [-0.3, -0.25) is 4.79 Å². The van der Waals surface area contributed by atoms with Gasteiger partial charge >= 0.3 is 0 Å². The summed E-state index contributed by atoms with van der Waals surface area (Å²) in [6.07, 6.45) is 4.41. The van der Waals surface area contributed by atoms with Crippen molar-refractivity contribution >= 4 is 17.5 Å². The van der Waals surface area contributed by atoms with Crippen LogP contribution in [0.3, 0.4) is 0 Å². The van der Waals surface area contributed by atoms with Crippen molar-refractivity contribution in [1.29, 1.82) is 0 Å². The van der Waals surface area contributed by atoms with Crippen molar-refractivity contribution in [1.82, 2.24) is 10.2 Å². The number of nitrogens with one attached hydrogen (secondary N) is 1. The summed E-state index contributed by atoms with van der Waals surface area (Å²) in [7, 11) is 0. The highest BCUT2D eigenvalue weighted by molar-refractivity contribution is 6.27. The van der Waals surface area contributed by atoms with Crippen LogP contribution in [-0.4, -0.2) is 42.4 Å². The van der Waals surface area contributed by atoms with Crippen LogP contribution in [0, 0.1) is 0 Å². The van der Waals surface area contributed by atoms with Crippen molar-refractivity contribution in [3.05, 3.63) is 35.9 Å². The molecule has 2 rings (SSSR count). The van der Waals surface area contributed by atoms with E-state index in [1.807, 2.05) is 0 Å². The number of alkyl halides is 1. The first-order valence-electron chi connectivity index (χ1n) is 7.39. The highest BCUT2D eigenvalue weighted by atomic mass is 35.5. The van der Waals surface area contributed by atoms with Crippen molar-refractivity contribution < 1.29 is 4.79 Å². The molecule has 1 aromatic carbocycles. The molecule has 20 heavy (non-hydrogen) atoms. The number of carbonyl (C=O) groups is 1. The topological polar surface area (TPSA) is 32.3 Å². The van der Waals surface area contributed by atoms with E-state index in [4.69, 9.17) is 11.6 Å². The Morgan fingerprint density at radius 3 is 2.60 bits per heavy atom. The third kappa shape index (κ3) is 5.14. The molecule has 0 atom stereocenters. The number of halogens is 1. The number of benzene rings is 1. The number of amides is 1. The summed E-state index contributed by atoms with van der Waals surface area (Å²) in [5.74, 6) is 0.0197. The highest BCUT2D eigenvalue weighted by Crippen LogP contribution is 2.12. The summed E-state index contributed by atoms with van der Waals surface area (Å²) in [5, 5.41) is 2.97. The van der Waals surface area contributed by atoms with Gasteiger partial charge in [0.05, 0.1) is 0 Å². The zero-order chi connectivity index (χ0) is 14.2. The Balaban J connectivity index is 1.61. The second kappa shape index (κ2) is 8.28. The van der Waals surface area contributed by atoms with Crippen LogP contribution >= 0.6 is 11.6 Å². The van der Waals surface area contributed by atoms with Crippen LogP contribution in [-0.2, 0) is 11.2 Å². The molecule has 1 heterocycles. The lowest BCUT2D eigenvalue weighted by atomic mass is 10.0. The minimum Gasteiger partial charge on any atom is -0.352 e. The molecule has 0 bridgehead atoms. The van der Waals surface area contributed by atoms with Gasteiger partial charge in [0.1, 0.15) is 5.88 Å². The molecular formula is C16H23ClN2O. The van der Waals surface area contributed by atoms with Gasteiger partial charge in [-0.25, -0.2) is 0 Å². The van der Waals surface area contributed by atoms with Gasteiger partial charge in [-0.15, -0.1) is 11.6 Å². The molecule has 0 aromatic heterocycles. The monoisotopic (exact) mass is 294 g/mol. The first-order valence-corrected chi connectivity index (χ1v) is 7.93. The Hall–Kier alpha value is -1.06. The molecule has 1 fully saturated rings. The van der Waals surface area contributed by atoms with Crippen LogP contribution in [0.1, 0.15) is 24.8 Å². The van der Waals surface area contributed by atoms with E-state index in [-0.39, 0.29) is 11.8 Å². The van der Waals surface area contributed by atoms with Crippen LogP contribution in [0.2, 0.25) is 0 Å². The van der Waals surface area contributed by atoms with E-state index in [0.29, 0.717) is 6.04 Å². The quantitative estimate of drug-likeness (QED) is 0.817. The molecule has 1 saturated heterocycles. The summed E-state index contributed by atoms with van der Waals surface area (Å²) in [6, 6.07) is 10.9. The second-order valence-electron chi connectivity index (χ2n) is 5.41. The van der Waals surface area contributed by atoms with E-state index < -0.39 is 0 Å². The van der Waals surface area contributed by atoms with E-state index in [1.54, 1.807) is 0 Å². The molecule has 1 N–H and O–H groups in total. The van der Waals surface area contributed by atoms with Crippen LogP contribution in [0.15, 0.2) is 30.3 Å². The number of rotatable bonds is 6. The molecule has 0 unspecified atom stereocenters. The lowest BCUT2D eigenvalue weighted by Crippen LogP contribution is -2.45. The van der Waals surface area contributed by atoms with E-state index in [9.17, 15) is 4.79 Å². The lowest BCUT2D eigenvalue weighted by molar-refractivity contribution is -0.119. The predicted octanol–water partition coefficient (Wildman–Crippen LogP) is 2.44. The molecule has 1 aromatic rings. The smallest absolute Gasteiger partial charge is 0.235 e. The molecule has 1 aliphatic heterocycles. The maximum atomic E-state index is 11.2. The van der Waals surface area contributed by atoms with Gasteiger partial charge in [-0.2, -0.15) is 0 Å². The van der Waals surface area contributed by atoms with Crippen molar-refractivity contribution in [2.24, 2.45) is 0 Å². The minimum atomic E-state index is -0.0470. The van der Waals surface area contributed by atoms with Crippen LogP contribution in [0.4, 0.5) is 0 Å². The number of nitrogens with zero attached hydrogens (tertiary/aromatic N) is 1. The summed E-state index contributed by atoms with van der Waals surface area (Å²) >= 11 is 5.50. The fourth-order valence-corrected chi connectivity index (χ4v) is 2.80. The largest absolute Gasteiger partial charge is 0.352 e. The van der Waals surface area contributed by atoms with Gasteiger partial charge in [-0.05, 0) is 37.8 Å². The summed E-state index contributed by atoms with van der Waals surface area (Å²) < 4.78 is 0. The average molecular weight is 295 g/mol. The predicted molar refractivity (Wildman–Crippen MR) is 83.1 cm³/mol. The molecule has 4 heteroatoms. The minimum absolute atomic E-state index is 0.0470. The van der Waals surface area contributed by atoms with Gasteiger partial charge in [0.15, 0.2) is 0 Å². The maximum Gasteiger partial charge on any atom is 0.235 e. The second-order valence-corrected chi connectivity index (χ2v) is 5.67. The zero-order valence-electron chi connectivity index (χ0n) is 11.9. The van der Waals surface area contributed by atoms with E-state index >= 15 is 0 Å². The normalized spacial score (nSPS) is 17.1. The van der Waals surface area contributed by atoms with Crippen LogP contribution in [0.25, 0.3) is 0 Å². The van der Waals surface area contributed by atoms with Gasteiger partial charge in [0, 0.05) is 19.1 Å². The van der Waals surface area contributed by atoms with Crippen molar-refractivity contribution in [2.45, 2.75) is 31.7 Å². The maximum absolute atomic E-state index is 11.2. The first-order chi connectivity index (χ1) is 9.78. The number of carbonyl (C=O) groups excluding carboxylic acids is 1. The number of aryl methyl sites for hydroxylation is 1. The molecule has 0 spiro atoms. The molecular weight excluding hydrogens is 272 g/mol. The average Bonchev–Trinajstić information content (AvgIpc) is 2.50. The number of hydrogen-bond acceptors (Lipinski definition) is 2. The Morgan fingerprint density at radius 2 is 1.95 bits per heavy atom. The summed E-state index contributed by atoms with van der Waals surface area (Å²) in [4.78, 5) is 13.7. The van der Waals surface area contributed by atoms with Crippen LogP contribution < -0.4 is 5.32 Å². The SMILES string of the molecule is O=C(CCl)NC1CCN(CCCc2ccccc2)CC1. The Labute approximate surface area is 126 Å². The summed E-state index contributed by atoms with van der Waals surface area (Å²) in [5.41, 5.74) is 1.41. The molecule has 3 nitrogen and oxygen atoms in total. The molecule has 110 valence electrons. The van der Waals surface area contributed by atoms with Crippen molar-refractivity contribution in [2.75, 3.05) is 25.5 Å². The molecule has 1 amide bonds. The Morgan fingerprint density at radius 1 is 1.25 bits per heavy atom.